The van der Waals surface area contributed by atoms with Crippen molar-refractivity contribution in [2.45, 2.75) is 30.8 Å². The van der Waals surface area contributed by atoms with Gasteiger partial charge in [0.2, 0.25) is 0 Å². The van der Waals surface area contributed by atoms with E-state index in [9.17, 15) is 18.3 Å². The van der Waals surface area contributed by atoms with Crippen molar-refractivity contribution in [3.63, 3.8) is 0 Å². The minimum absolute atomic E-state index is 0.110. The highest BCUT2D eigenvalue weighted by Crippen LogP contribution is 2.36. The highest BCUT2D eigenvalue weighted by molar-refractivity contribution is 5.47. The maximum absolute atomic E-state index is 13.0. The first-order valence-electron chi connectivity index (χ1n) is 7.15. The first kappa shape index (κ1) is 14.9. The van der Waals surface area contributed by atoms with E-state index in [0.717, 1.165) is 12.4 Å². The number of hydrogen-bond acceptors (Lipinski definition) is 6. The fourth-order valence-electron chi connectivity index (χ4n) is 2.82. The Balaban J connectivity index is 1.68. The van der Waals surface area contributed by atoms with Crippen molar-refractivity contribution >= 4 is 11.6 Å². The Morgan fingerprint density at radius 2 is 2.12 bits per heavy atom. The van der Waals surface area contributed by atoms with Crippen LogP contribution in [0.1, 0.15) is 18.2 Å². The summed E-state index contributed by atoms with van der Waals surface area (Å²) in [5, 5.41) is 20.9. The normalized spacial score (nSPS) is 24.1. The molecule has 0 amide bonds. The second-order valence-corrected chi connectivity index (χ2v) is 5.53. The van der Waals surface area contributed by atoms with Crippen LogP contribution in [0.4, 0.5) is 19.0 Å². The molecule has 3 heterocycles. The lowest BCUT2D eigenvalue weighted by atomic mass is 9.83. The van der Waals surface area contributed by atoms with Crippen LogP contribution >= 0.6 is 0 Å². The molecule has 0 saturated heterocycles. The lowest BCUT2D eigenvalue weighted by Crippen LogP contribution is -2.51. The highest BCUT2D eigenvalue weighted by atomic mass is 19.4. The fourth-order valence-corrected chi connectivity index (χ4v) is 2.82. The summed E-state index contributed by atoms with van der Waals surface area (Å²) in [4.78, 5) is 7.18. The lowest BCUT2D eigenvalue weighted by molar-refractivity contribution is -0.141. The largest absolute Gasteiger partial charge is 0.433 e. The quantitative estimate of drug-likeness (QED) is 0.743. The Labute approximate surface area is 133 Å². The Morgan fingerprint density at radius 3 is 2.79 bits per heavy atom. The first-order valence-corrected chi connectivity index (χ1v) is 7.15. The molecule has 3 aromatic rings. The predicted octanol–water partition coefficient (Wildman–Crippen LogP) is 1.13. The SMILES string of the molecule is O[C@@H]1C[C@H](Nc2cc(C(F)(F)F)nc3ncnn23)[C@H]1n1cccn1. The number of halogens is 3. The molecule has 3 atom stereocenters. The van der Waals surface area contributed by atoms with Gasteiger partial charge in [-0.25, -0.2) is 4.98 Å². The van der Waals surface area contributed by atoms with Gasteiger partial charge in [-0.3, -0.25) is 4.68 Å². The van der Waals surface area contributed by atoms with Crippen molar-refractivity contribution < 1.29 is 18.3 Å². The molecule has 4 rings (SSSR count). The summed E-state index contributed by atoms with van der Waals surface area (Å²) >= 11 is 0. The summed E-state index contributed by atoms with van der Waals surface area (Å²) in [5.74, 6) is -0.0401. The molecule has 0 radical (unpaired) electrons. The number of aliphatic hydroxyl groups excluding tert-OH is 1. The summed E-state index contributed by atoms with van der Waals surface area (Å²) in [6.45, 7) is 0. The molecule has 1 saturated carbocycles. The number of alkyl halides is 3. The number of anilines is 1. The Kier molecular flexibility index (Phi) is 3.20. The number of fused-ring (bicyclic) bond motifs is 1. The molecule has 3 aromatic heterocycles. The lowest BCUT2D eigenvalue weighted by Gasteiger charge is -2.42. The van der Waals surface area contributed by atoms with Gasteiger partial charge in [-0.05, 0) is 12.5 Å². The average Bonchev–Trinajstić information content (AvgIpc) is 3.16. The van der Waals surface area contributed by atoms with Crippen LogP contribution in [0.25, 0.3) is 5.78 Å². The van der Waals surface area contributed by atoms with Crippen LogP contribution in [0.2, 0.25) is 0 Å². The summed E-state index contributed by atoms with van der Waals surface area (Å²) in [6, 6.07) is 1.93. The second-order valence-electron chi connectivity index (χ2n) is 5.53. The summed E-state index contributed by atoms with van der Waals surface area (Å²) in [6.07, 6.45) is -0.437. The summed E-state index contributed by atoms with van der Waals surface area (Å²) in [5.41, 5.74) is -1.05. The van der Waals surface area contributed by atoms with Crippen LogP contribution in [-0.4, -0.2) is 46.6 Å². The van der Waals surface area contributed by atoms with E-state index in [0.29, 0.717) is 6.42 Å². The van der Waals surface area contributed by atoms with Gasteiger partial charge in [-0.2, -0.15) is 32.9 Å². The van der Waals surface area contributed by atoms with Crippen molar-refractivity contribution in [1.29, 1.82) is 0 Å². The Bertz CT molecular complexity index is 860. The number of aromatic nitrogens is 6. The zero-order chi connectivity index (χ0) is 16.9. The number of hydrogen-bond donors (Lipinski definition) is 2. The van der Waals surface area contributed by atoms with Crippen LogP contribution in [-0.2, 0) is 6.18 Å². The zero-order valence-electron chi connectivity index (χ0n) is 12.1. The van der Waals surface area contributed by atoms with Crippen LogP contribution in [0.5, 0.6) is 0 Å². The van der Waals surface area contributed by atoms with E-state index in [1.54, 1.807) is 23.1 Å². The van der Waals surface area contributed by atoms with Crippen molar-refractivity contribution in [3.8, 4) is 0 Å². The topological polar surface area (TPSA) is 93.2 Å². The maximum Gasteiger partial charge on any atom is 0.433 e. The van der Waals surface area contributed by atoms with Gasteiger partial charge in [0.25, 0.3) is 5.78 Å². The first-order chi connectivity index (χ1) is 11.4. The Hall–Kier alpha value is -2.69. The van der Waals surface area contributed by atoms with Crippen LogP contribution in [0, 0.1) is 0 Å². The minimum atomic E-state index is -4.59. The third-order valence-electron chi connectivity index (χ3n) is 4.01. The molecule has 0 aromatic carbocycles. The Morgan fingerprint density at radius 1 is 1.29 bits per heavy atom. The van der Waals surface area contributed by atoms with E-state index in [-0.39, 0.29) is 23.7 Å². The molecule has 0 bridgehead atoms. The fraction of sp³-hybridized carbons (Fsp3) is 0.385. The number of nitrogens with one attached hydrogen (secondary N) is 1. The monoisotopic (exact) mass is 339 g/mol. The van der Waals surface area contributed by atoms with E-state index in [2.05, 4.69) is 25.5 Å². The van der Waals surface area contributed by atoms with Crippen molar-refractivity contribution in [2.75, 3.05) is 5.32 Å². The molecule has 0 spiro atoms. The standard InChI is InChI=1S/C13H12F3N7O/c14-13(15,16)9-5-10(23-12(21-9)17-6-19-23)20-7-4-8(24)11(7)22-3-1-2-18-22/h1-3,5-8,11,20,24H,4H2/t7-,8+,11+/m0/s1. The predicted molar refractivity (Wildman–Crippen MR) is 75.1 cm³/mol. The van der Waals surface area contributed by atoms with E-state index in [1.807, 2.05) is 0 Å². The van der Waals surface area contributed by atoms with Crippen LogP contribution < -0.4 is 5.32 Å². The van der Waals surface area contributed by atoms with Crippen molar-refractivity contribution in [1.82, 2.24) is 29.4 Å². The molecular weight excluding hydrogens is 327 g/mol. The molecule has 8 nitrogen and oxygen atoms in total. The molecule has 24 heavy (non-hydrogen) atoms. The molecule has 11 heteroatoms. The van der Waals surface area contributed by atoms with Gasteiger partial charge >= 0.3 is 6.18 Å². The van der Waals surface area contributed by atoms with Gasteiger partial charge in [0.15, 0.2) is 5.69 Å². The number of rotatable bonds is 3. The molecular formula is C13H12F3N7O. The van der Waals surface area contributed by atoms with Gasteiger partial charge < -0.3 is 10.4 Å². The summed E-state index contributed by atoms with van der Waals surface area (Å²) < 4.78 is 41.8. The van der Waals surface area contributed by atoms with E-state index in [1.165, 1.54) is 4.52 Å². The van der Waals surface area contributed by atoms with Crippen molar-refractivity contribution in [3.05, 3.63) is 36.5 Å². The van der Waals surface area contributed by atoms with Gasteiger partial charge in [-0.15, -0.1) is 0 Å². The second kappa shape index (κ2) is 5.16. The van der Waals surface area contributed by atoms with Crippen LogP contribution in [0.15, 0.2) is 30.9 Å². The van der Waals surface area contributed by atoms with E-state index >= 15 is 0 Å². The molecule has 0 unspecified atom stereocenters. The summed E-state index contributed by atoms with van der Waals surface area (Å²) in [7, 11) is 0. The van der Waals surface area contributed by atoms with Gasteiger partial charge in [0.1, 0.15) is 12.1 Å². The number of aliphatic hydroxyl groups is 1. The van der Waals surface area contributed by atoms with Crippen LogP contribution in [0.3, 0.4) is 0 Å². The molecule has 0 aliphatic heterocycles. The van der Waals surface area contributed by atoms with E-state index in [4.69, 9.17) is 0 Å². The third-order valence-corrected chi connectivity index (χ3v) is 4.01. The smallest absolute Gasteiger partial charge is 0.391 e. The molecule has 2 N–H and O–H groups in total. The molecule has 1 aliphatic carbocycles. The molecule has 126 valence electrons. The minimum Gasteiger partial charge on any atom is -0.391 e. The third kappa shape index (κ3) is 2.37. The average molecular weight is 339 g/mol. The van der Waals surface area contributed by atoms with E-state index < -0.39 is 18.0 Å². The van der Waals surface area contributed by atoms with Gasteiger partial charge in [0, 0.05) is 18.5 Å². The zero-order valence-corrected chi connectivity index (χ0v) is 12.1. The van der Waals surface area contributed by atoms with Crippen molar-refractivity contribution in [2.24, 2.45) is 0 Å². The van der Waals surface area contributed by atoms with Gasteiger partial charge in [-0.1, -0.05) is 0 Å². The maximum atomic E-state index is 13.0. The van der Waals surface area contributed by atoms with Gasteiger partial charge in [0.05, 0.1) is 18.2 Å². The number of nitrogens with zero attached hydrogens (tertiary/aromatic N) is 6. The molecule has 1 fully saturated rings. The highest BCUT2D eigenvalue weighted by Gasteiger charge is 2.42. The molecule has 1 aliphatic rings.